The lowest BCUT2D eigenvalue weighted by Crippen LogP contribution is -2.64. The van der Waals surface area contributed by atoms with Gasteiger partial charge in [-0.15, -0.1) is 0 Å². The van der Waals surface area contributed by atoms with Gasteiger partial charge in [0.1, 0.15) is 0 Å². The fourth-order valence-electron chi connectivity index (χ4n) is 11.5. The molecule has 2 aliphatic heterocycles. The third-order valence-corrected chi connectivity index (χ3v) is 14.9. The first-order chi connectivity index (χ1) is 32.3. The van der Waals surface area contributed by atoms with E-state index in [0.717, 1.165) is 17.1 Å². The van der Waals surface area contributed by atoms with E-state index in [1.165, 1.54) is 94.0 Å². The Morgan fingerprint density at radius 3 is 1.81 bits per heavy atom. The number of rotatable bonds is 5. The molecule has 3 heterocycles. The molecule has 0 atom stereocenters. The van der Waals surface area contributed by atoms with E-state index in [0.29, 0.717) is 0 Å². The molecule has 0 saturated carbocycles. The summed E-state index contributed by atoms with van der Waals surface area (Å²) in [5.74, 6) is 0. The van der Waals surface area contributed by atoms with Gasteiger partial charge in [0.2, 0.25) is 6.71 Å². The largest absolute Gasteiger partial charge is 0.311 e. The molecular formula is C63H56BN3. The third kappa shape index (κ3) is 6.40. The van der Waals surface area contributed by atoms with Crippen LogP contribution in [0.2, 0.25) is 0 Å². The number of anilines is 6. The maximum absolute atomic E-state index is 2.56. The van der Waals surface area contributed by atoms with E-state index < -0.39 is 0 Å². The van der Waals surface area contributed by atoms with Crippen molar-refractivity contribution in [2.24, 2.45) is 0 Å². The van der Waals surface area contributed by atoms with Crippen LogP contribution in [-0.2, 0) is 16.2 Å². The molecule has 3 nitrogen and oxygen atoms in total. The smallest absolute Gasteiger partial charge is 0.247 e. The van der Waals surface area contributed by atoms with Crippen LogP contribution in [-0.4, -0.2) is 11.3 Å². The Hall–Kier alpha value is -7.30. The molecule has 0 amide bonds. The van der Waals surface area contributed by atoms with Crippen LogP contribution in [0.1, 0.15) is 77.6 Å². The fourth-order valence-corrected chi connectivity index (χ4v) is 11.5. The fraction of sp³-hybridized carbons (Fsp3) is 0.175. The summed E-state index contributed by atoms with van der Waals surface area (Å²) in [6.45, 7) is 18.7. The zero-order chi connectivity index (χ0) is 46.0. The van der Waals surface area contributed by atoms with E-state index in [4.69, 9.17) is 0 Å². The standard InChI is InChI=1S/C63H56BN3/c1-61(2,3)42-28-32-45(33-29-42)65(55-26-16-19-41-18-12-13-22-48(41)55)47-36-37-53-52(38-47)63(7,8)51-24-17-27-57-60(51)64(53)54-39-50-49-23-14-15-25-56(49)66(44-20-10-9-11-21-44)58(50)40-59(54)67(57)46-34-30-43(31-35-46)62(4,5)6/h9-40H,1-8H3. The van der Waals surface area contributed by atoms with Gasteiger partial charge in [0.25, 0.3) is 0 Å². The second-order valence-electron chi connectivity index (χ2n) is 21.4. The van der Waals surface area contributed by atoms with Crippen molar-refractivity contribution in [1.82, 2.24) is 4.57 Å². The number of fused-ring (bicyclic) bond motifs is 8. The van der Waals surface area contributed by atoms with Crippen molar-refractivity contribution < 1.29 is 0 Å². The molecule has 12 rings (SSSR count). The van der Waals surface area contributed by atoms with Gasteiger partial charge in [-0.25, -0.2) is 0 Å². The molecule has 0 radical (unpaired) electrons. The van der Waals surface area contributed by atoms with E-state index in [1.54, 1.807) is 0 Å². The van der Waals surface area contributed by atoms with Gasteiger partial charge in [0.15, 0.2) is 0 Å². The highest BCUT2D eigenvalue weighted by Crippen LogP contribution is 2.47. The van der Waals surface area contributed by atoms with Crippen LogP contribution in [0.3, 0.4) is 0 Å². The summed E-state index contributed by atoms with van der Waals surface area (Å²) in [5.41, 5.74) is 20.0. The molecule has 0 N–H and O–H groups in total. The van der Waals surface area contributed by atoms with Crippen molar-refractivity contribution in [3.63, 3.8) is 0 Å². The number of para-hydroxylation sites is 2. The number of aromatic nitrogens is 1. The molecule has 1 aromatic heterocycles. The number of benzene rings is 9. The predicted molar refractivity (Wildman–Crippen MR) is 288 cm³/mol. The highest BCUT2D eigenvalue weighted by Gasteiger charge is 2.46. The molecule has 4 heteroatoms. The van der Waals surface area contributed by atoms with E-state index >= 15 is 0 Å². The summed E-state index contributed by atoms with van der Waals surface area (Å²) in [6, 6.07) is 73.3. The summed E-state index contributed by atoms with van der Waals surface area (Å²) in [7, 11) is 0. The molecule has 0 fully saturated rings. The van der Waals surface area contributed by atoms with Crippen molar-refractivity contribution in [2.75, 3.05) is 9.80 Å². The van der Waals surface area contributed by atoms with Crippen LogP contribution in [0.15, 0.2) is 194 Å². The first kappa shape index (κ1) is 41.2. The SMILES string of the molecule is CC(C)(C)c1ccc(N2c3cc4c(cc3B3c5ccc(N(c6ccc(C(C)(C)C)cc6)c6cccc7ccccc67)cc5C(C)(C)c5cccc2c53)c2ccccc2n4-c2ccccc2)cc1. The Morgan fingerprint density at radius 1 is 0.448 bits per heavy atom. The summed E-state index contributed by atoms with van der Waals surface area (Å²) in [5, 5.41) is 4.99. The van der Waals surface area contributed by atoms with Crippen LogP contribution in [0.4, 0.5) is 34.1 Å². The molecule has 9 aromatic carbocycles. The number of hydrogen-bond donors (Lipinski definition) is 0. The van der Waals surface area contributed by atoms with Crippen molar-refractivity contribution in [2.45, 2.75) is 71.6 Å². The minimum Gasteiger partial charge on any atom is -0.311 e. The number of hydrogen-bond acceptors (Lipinski definition) is 2. The molecule has 0 saturated heterocycles. The molecule has 10 aromatic rings. The highest BCUT2D eigenvalue weighted by molar-refractivity contribution is 6.99. The van der Waals surface area contributed by atoms with Crippen LogP contribution < -0.4 is 26.2 Å². The first-order valence-electron chi connectivity index (χ1n) is 24.0. The molecule has 2 aliphatic rings. The van der Waals surface area contributed by atoms with Crippen molar-refractivity contribution in [3.8, 4) is 5.69 Å². The van der Waals surface area contributed by atoms with Crippen molar-refractivity contribution in [3.05, 3.63) is 216 Å². The van der Waals surface area contributed by atoms with Crippen LogP contribution in [0.5, 0.6) is 0 Å². The Bertz CT molecular complexity index is 3560. The van der Waals surface area contributed by atoms with E-state index in [9.17, 15) is 0 Å². The van der Waals surface area contributed by atoms with Crippen LogP contribution in [0.25, 0.3) is 38.3 Å². The van der Waals surface area contributed by atoms with Gasteiger partial charge in [0.05, 0.1) is 16.7 Å². The lowest BCUT2D eigenvalue weighted by Gasteiger charge is -2.45. The molecule has 67 heavy (non-hydrogen) atoms. The van der Waals surface area contributed by atoms with Crippen molar-refractivity contribution in [1.29, 1.82) is 0 Å². The molecule has 326 valence electrons. The van der Waals surface area contributed by atoms with Gasteiger partial charge in [-0.1, -0.05) is 182 Å². The van der Waals surface area contributed by atoms with Gasteiger partial charge >= 0.3 is 0 Å². The van der Waals surface area contributed by atoms with E-state index in [1.807, 2.05) is 0 Å². The van der Waals surface area contributed by atoms with Crippen molar-refractivity contribution >= 4 is 89.8 Å². The Kier molecular flexibility index (Phi) is 9.13. The molecule has 0 bridgehead atoms. The zero-order valence-corrected chi connectivity index (χ0v) is 39.9. The summed E-state index contributed by atoms with van der Waals surface area (Å²) >= 11 is 0. The second-order valence-corrected chi connectivity index (χ2v) is 21.4. The highest BCUT2D eigenvalue weighted by atomic mass is 15.2. The molecule has 0 spiro atoms. The maximum atomic E-state index is 2.56. The van der Waals surface area contributed by atoms with Gasteiger partial charge in [0, 0.05) is 55.7 Å². The third-order valence-electron chi connectivity index (χ3n) is 14.9. The quantitative estimate of drug-likeness (QED) is 0.160. The van der Waals surface area contributed by atoms with Gasteiger partial charge in [-0.3, -0.25) is 0 Å². The predicted octanol–water partition coefficient (Wildman–Crippen LogP) is 14.9. The van der Waals surface area contributed by atoms with E-state index in [-0.39, 0.29) is 23.0 Å². The van der Waals surface area contributed by atoms with E-state index in [2.05, 4.69) is 264 Å². The molecule has 0 unspecified atom stereocenters. The summed E-state index contributed by atoms with van der Waals surface area (Å²) in [6.07, 6.45) is 0. The summed E-state index contributed by atoms with van der Waals surface area (Å²) in [4.78, 5) is 5.04. The average molecular weight is 866 g/mol. The molecule has 0 aliphatic carbocycles. The van der Waals surface area contributed by atoms with Gasteiger partial charge < -0.3 is 14.4 Å². The second kappa shape index (κ2) is 14.9. The molecular weight excluding hydrogens is 810 g/mol. The topological polar surface area (TPSA) is 11.4 Å². The lowest BCUT2D eigenvalue weighted by atomic mass is 9.30. The first-order valence-corrected chi connectivity index (χ1v) is 24.0. The van der Waals surface area contributed by atoms with Gasteiger partial charge in [-0.05, 0) is 122 Å². The Morgan fingerprint density at radius 2 is 1.07 bits per heavy atom. The normalized spacial score (nSPS) is 14.0. The van der Waals surface area contributed by atoms with Crippen LogP contribution >= 0.6 is 0 Å². The average Bonchev–Trinajstić information content (AvgIpc) is 3.65. The Balaban J connectivity index is 1.12. The van der Waals surface area contributed by atoms with Crippen LogP contribution in [0, 0.1) is 0 Å². The summed E-state index contributed by atoms with van der Waals surface area (Å²) < 4.78 is 2.46. The minimum absolute atomic E-state index is 0.0173. The maximum Gasteiger partial charge on any atom is 0.247 e. The monoisotopic (exact) mass is 865 g/mol. The van der Waals surface area contributed by atoms with Gasteiger partial charge in [-0.2, -0.15) is 0 Å². The number of nitrogens with zero attached hydrogens (tertiary/aromatic N) is 3. The Labute approximate surface area is 396 Å². The minimum atomic E-state index is -0.305. The zero-order valence-electron chi connectivity index (χ0n) is 39.9. The lowest BCUT2D eigenvalue weighted by molar-refractivity contribution is 0.590.